The molecule has 0 saturated heterocycles. The molecule has 1 N–H and O–H groups in total. The first-order valence-corrected chi connectivity index (χ1v) is 6.83. The molecule has 1 unspecified atom stereocenters. The molecule has 3 nitrogen and oxygen atoms in total. The van der Waals surface area contributed by atoms with Crippen LogP contribution in [0.15, 0.2) is 41.8 Å². The van der Waals surface area contributed by atoms with Gasteiger partial charge in [0.25, 0.3) is 5.91 Å². The lowest BCUT2D eigenvalue weighted by Crippen LogP contribution is -2.25. The van der Waals surface area contributed by atoms with Crippen LogP contribution in [0, 0.1) is 0 Å². The summed E-state index contributed by atoms with van der Waals surface area (Å²) in [5.74, 6) is -0.0547. The normalized spacial score (nSPS) is 12.2. The second-order valence-corrected chi connectivity index (χ2v) is 5.07. The van der Waals surface area contributed by atoms with E-state index in [0.29, 0.717) is 4.88 Å². The Labute approximate surface area is 119 Å². The lowest BCUT2D eigenvalue weighted by molar-refractivity contribution is -0.0498. The van der Waals surface area contributed by atoms with Crippen molar-refractivity contribution < 1.29 is 18.3 Å². The van der Waals surface area contributed by atoms with E-state index >= 15 is 0 Å². The van der Waals surface area contributed by atoms with E-state index in [2.05, 4.69) is 10.1 Å². The number of thiophene rings is 1. The van der Waals surface area contributed by atoms with Crippen molar-refractivity contribution in [2.24, 2.45) is 0 Å². The van der Waals surface area contributed by atoms with Crippen molar-refractivity contribution >= 4 is 17.2 Å². The van der Waals surface area contributed by atoms with Crippen LogP contribution in [0.1, 0.15) is 28.2 Å². The van der Waals surface area contributed by atoms with Crippen LogP contribution in [0.25, 0.3) is 0 Å². The Balaban J connectivity index is 1.98. The topological polar surface area (TPSA) is 38.3 Å². The zero-order valence-electron chi connectivity index (χ0n) is 10.7. The van der Waals surface area contributed by atoms with Gasteiger partial charge in [0.2, 0.25) is 0 Å². The molecule has 1 aromatic carbocycles. The zero-order chi connectivity index (χ0) is 14.5. The molecule has 0 saturated carbocycles. The number of carbonyl (C=O) groups is 1. The Morgan fingerprint density at radius 3 is 2.50 bits per heavy atom. The molecule has 1 amide bonds. The Kier molecular flexibility index (Phi) is 4.68. The molecule has 6 heteroatoms. The van der Waals surface area contributed by atoms with E-state index < -0.39 is 6.61 Å². The Hall–Kier alpha value is -1.95. The maximum atomic E-state index is 12.0. The number of nitrogens with one attached hydrogen (secondary N) is 1. The fourth-order valence-electron chi connectivity index (χ4n) is 1.70. The van der Waals surface area contributed by atoms with Crippen LogP contribution in [0.4, 0.5) is 8.78 Å². The SMILES string of the molecule is CC(NC(=O)c1cccs1)c1ccc(OC(F)F)cc1. The van der Waals surface area contributed by atoms with Gasteiger partial charge in [0.05, 0.1) is 10.9 Å². The highest BCUT2D eigenvalue weighted by Gasteiger charge is 2.12. The van der Waals surface area contributed by atoms with Crippen LogP contribution < -0.4 is 10.1 Å². The van der Waals surface area contributed by atoms with Crippen molar-refractivity contribution in [3.63, 3.8) is 0 Å². The Bertz CT molecular complexity index is 555. The summed E-state index contributed by atoms with van der Waals surface area (Å²) in [4.78, 5) is 12.5. The van der Waals surface area contributed by atoms with E-state index in [9.17, 15) is 13.6 Å². The molecule has 20 heavy (non-hydrogen) atoms. The number of ether oxygens (including phenoxy) is 1. The number of amides is 1. The zero-order valence-corrected chi connectivity index (χ0v) is 11.5. The summed E-state index contributed by atoms with van der Waals surface area (Å²) in [5, 5.41) is 4.67. The van der Waals surface area contributed by atoms with Crippen LogP contribution in [-0.2, 0) is 0 Å². The van der Waals surface area contributed by atoms with Gasteiger partial charge in [-0.3, -0.25) is 4.79 Å². The van der Waals surface area contributed by atoms with Crippen LogP contribution in [0.3, 0.4) is 0 Å². The summed E-state index contributed by atoms with van der Waals surface area (Å²) < 4.78 is 28.3. The molecule has 1 atom stereocenters. The predicted molar refractivity (Wildman–Crippen MR) is 73.3 cm³/mol. The average Bonchev–Trinajstić information content (AvgIpc) is 2.92. The fourth-order valence-corrected chi connectivity index (χ4v) is 2.32. The van der Waals surface area contributed by atoms with Gasteiger partial charge in [-0.2, -0.15) is 8.78 Å². The highest BCUT2D eigenvalue weighted by molar-refractivity contribution is 7.12. The fraction of sp³-hybridized carbons (Fsp3) is 0.214. The van der Waals surface area contributed by atoms with Crippen molar-refractivity contribution in [2.45, 2.75) is 19.6 Å². The van der Waals surface area contributed by atoms with Crippen LogP contribution in [0.5, 0.6) is 5.75 Å². The molecule has 0 radical (unpaired) electrons. The molecular formula is C14H13F2NO2S. The lowest BCUT2D eigenvalue weighted by Gasteiger charge is -2.14. The van der Waals surface area contributed by atoms with E-state index in [1.54, 1.807) is 24.3 Å². The minimum Gasteiger partial charge on any atom is -0.435 e. The largest absolute Gasteiger partial charge is 0.435 e. The molecule has 106 valence electrons. The lowest BCUT2D eigenvalue weighted by atomic mass is 10.1. The summed E-state index contributed by atoms with van der Waals surface area (Å²) in [6, 6.07) is 9.54. The molecule has 0 fully saturated rings. The molecule has 0 spiro atoms. The monoisotopic (exact) mass is 297 g/mol. The van der Waals surface area contributed by atoms with Crippen LogP contribution >= 0.6 is 11.3 Å². The first kappa shape index (κ1) is 14.5. The van der Waals surface area contributed by atoms with Crippen molar-refractivity contribution in [1.29, 1.82) is 0 Å². The highest BCUT2D eigenvalue weighted by atomic mass is 32.1. The van der Waals surface area contributed by atoms with Gasteiger partial charge in [-0.05, 0) is 36.1 Å². The highest BCUT2D eigenvalue weighted by Crippen LogP contribution is 2.20. The molecule has 0 aliphatic rings. The maximum absolute atomic E-state index is 12.0. The molecule has 0 aliphatic heterocycles. The molecule has 2 rings (SSSR count). The molecule has 2 aromatic rings. The number of carbonyl (C=O) groups excluding carboxylic acids is 1. The van der Waals surface area contributed by atoms with Gasteiger partial charge in [0.15, 0.2) is 0 Å². The average molecular weight is 297 g/mol. The number of rotatable bonds is 5. The number of hydrogen-bond donors (Lipinski definition) is 1. The van der Waals surface area contributed by atoms with Gasteiger partial charge in [-0.1, -0.05) is 18.2 Å². The van der Waals surface area contributed by atoms with Gasteiger partial charge < -0.3 is 10.1 Å². The quantitative estimate of drug-likeness (QED) is 0.910. The number of hydrogen-bond acceptors (Lipinski definition) is 3. The number of halogens is 2. The van der Waals surface area contributed by atoms with Gasteiger partial charge in [-0.15, -0.1) is 11.3 Å². The van der Waals surface area contributed by atoms with E-state index in [1.165, 1.54) is 23.5 Å². The molecular weight excluding hydrogens is 284 g/mol. The smallest absolute Gasteiger partial charge is 0.387 e. The Morgan fingerprint density at radius 2 is 1.95 bits per heavy atom. The van der Waals surface area contributed by atoms with Crippen molar-refractivity contribution in [2.75, 3.05) is 0 Å². The summed E-state index contributed by atoms with van der Waals surface area (Å²) in [6.07, 6.45) is 0. The Morgan fingerprint density at radius 1 is 1.25 bits per heavy atom. The predicted octanol–water partition coefficient (Wildman–Crippen LogP) is 3.84. The van der Waals surface area contributed by atoms with Gasteiger partial charge in [0.1, 0.15) is 5.75 Å². The molecule has 0 bridgehead atoms. The summed E-state index contributed by atoms with van der Waals surface area (Å²) in [5.41, 5.74) is 0.816. The molecule has 0 aliphatic carbocycles. The van der Waals surface area contributed by atoms with E-state index in [-0.39, 0.29) is 17.7 Å². The van der Waals surface area contributed by atoms with Gasteiger partial charge in [-0.25, -0.2) is 0 Å². The minimum absolute atomic E-state index is 0.0977. The van der Waals surface area contributed by atoms with Crippen molar-refractivity contribution in [3.05, 3.63) is 52.2 Å². The second kappa shape index (κ2) is 6.47. The van der Waals surface area contributed by atoms with Gasteiger partial charge >= 0.3 is 6.61 Å². The molecule has 1 heterocycles. The van der Waals surface area contributed by atoms with Crippen LogP contribution in [-0.4, -0.2) is 12.5 Å². The third-order valence-corrected chi connectivity index (χ3v) is 3.57. The number of benzene rings is 1. The van der Waals surface area contributed by atoms with Crippen LogP contribution in [0.2, 0.25) is 0 Å². The minimum atomic E-state index is -2.84. The van der Waals surface area contributed by atoms with Gasteiger partial charge in [0, 0.05) is 0 Å². The summed E-state index contributed by atoms with van der Waals surface area (Å²) in [7, 11) is 0. The van der Waals surface area contributed by atoms with E-state index in [1.807, 2.05) is 12.3 Å². The maximum Gasteiger partial charge on any atom is 0.387 e. The van der Waals surface area contributed by atoms with E-state index in [0.717, 1.165) is 5.56 Å². The summed E-state index contributed by atoms with van der Waals surface area (Å²) in [6.45, 7) is -1.01. The standard InChI is InChI=1S/C14H13F2NO2S/c1-9(17-13(18)12-3-2-8-20-12)10-4-6-11(7-5-10)19-14(15)16/h2-9,14H,1H3,(H,17,18). The van der Waals surface area contributed by atoms with Crippen molar-refractivity contribution in [3.8, 4) is 5.75 Å². The first-order valence-electron chi connectivity index (χ1n) is 5.95. The van der Waals surface area contributed by atoms with E-state index in [4.69, 9.17) is 0 Å². The second-order valence-electron chi connectivity index (χ2n) is 4.12. The summed E-state index contributed by atoms with van der Waals surface area (Å²) >= 11 is 1.36. The first-order chi connectivity index (χ1) is 9.56. The van der Waals surface area contributed by atoms with Crippen molar-refractivity contribution in [1.82, 2.24) is 5.32 Å². The molecule has 1 aromatic heterocycles. The number of alkyl halides is 2. The third-order valence-electron chi connectivity index (χ3n) is 2.70. The third kappa shape index (κ3) is 3.77.